The molecular weight excluding hydrogens is 350 g/mol. The molecule has 0 aromatic rings. The van der Waals surface area contributed by atoms with Crippen molar-refractivity contribution in [2.24, 2.45) is 5.92 Å². The van der Waals surface area contributed by atoms with Crippen LogP contribution in [0.25, 0.3) is 0 Å². The molecule has 1 aliphatic rings. The van der Waals surface area contributed by atoms with Crippen molar-refractivity contribution in [1.82, 2.24) is 4.90 Å². The van der Waals surface area contributed by atoms with Crippen LogP contribution in [-0.4, -0.2) is 54.8 Å². The molecule has 0 saturated carbocycles. The zero-order valence-electron chi connectivity index (χ0n) is 16.9. The first-order valence-electron chi connectivity index (χ1n) is 9.10. The van der Waals surface area contributed by atoms with Crippen LogP contribution in [0.5, 0.6) is 0 Å². The van der Waals surface area contributed by atoms with Crippen LogP contribution in [0.3, 0.4) is 0 Å². The normalized spacial score (nSPS) is 19.6. The highest BCUT2D eigenvalue weighted by Crippen LogP contribution is 2.29. The molecule has 152 valence electrons. The Labute approximate surface area is 161 Å². The number of nitrogens with zero attached hydrogens (tertiary/aromatic N) is 1. The second-order valence-electron chi connectivity index (χ2n) is 7.44. The summed E-state index contributed by atoms with van der Waals surface area (Å²) < 4.78 is 15.1. The summed E-state index contributed by atoms with van der Waals surface area (Å²) in [5.74, 6) is -2.78. The van der Waals surface area contributed by atoms with Gasteiger partial charge in [-0.2, -0.15) is 0 Å². The topological polar surface area (TPSA) is 82.1 Å². The van der Waals surface area contributed by atoms with Crippen LogP contribution >= 0.6 is 0 Å². The Bertz CT molecular complexity index is 562. The first-order chi connectivity index (χ1) is 12.7. The van der Waals surface area contributed by atoms with Crippen LogP contribution in [-0.2, 0) is 23.8 Å². The largest absolute Gasteiger partial charge is 0.468 e. The molecule has 27 heavy (non-hydrogen) atoms. The predicted octanol–water partition coefficient (Wildman–Crippen LogP) is 3.24. The Morgan fingerprint density at radius 3 is 2.30 bits per heavy atom. The third-order valence-corrected chi connectivity index (χ3v) is 4.26. The molecule has 1 aliphatic heterocycles. The number of allylic oxidation sites excluding steroid dienone is 1. The average Bonchev–Trinajstić information content (AvgIpc) is 2.60. The fourth-order valence-corrected chi connectivity index (χ4v) is 3.07. The van der Waals surface area contributed by atoms with Crippen molar-refractivity contribution in [3.05, 3.63) is 24.8 Å². The van der Waals surface area contributed by atoms with Gasteiger partial charge in [0.15, 0.2) is 5.92 Å². The first-order valence-corrected chi connectivity index (χ1v) is 9.10. The number of unbranched alkanes of at least 4 members (excludes halogenated alkanes) is 1. The van der Waals surface area contributed by atoms with Crippen molar-refractivity contribution < 1.29 is 28.6 Å². The lowest BCUT2D eigenvalue weighted by molar-refractivity contribution is -0.161. The molecule has 0 spiro atoms. The van der Waals surface area contributed by atoms with E-state index in [4.69, 9.17) is 14.2 Å². The summed E-state index contributed by atoms with van der Waals surface area (Å²) in [5, 5.41) is 0. The minimum Gasteiger partial charge on any atom is -0.468 e. The molecule has 2 atom stereocenters. The van der Waals surface area contributed by atoms with E-state index < -0.39 is 35.6 Å². The number of methoxy groups -OCH3 is 2. The minimum atomic E-state index is -1.27. The van der Waals surface area contributed by atoms with E-state index in [1.165, 1.54) is 19.1 Å². The maximum atomic E-state index is 12.9. The molecule has 0 aliphatic carbocycles. The molecule has 0 aromatic heterocycles. The lowest BCUT2D eigenvalue weighted by Gasteiger charge is -2.41. The molecular formula is C20H31NO6. The quantitative estimate of drug-likeness (QED) is 0.221. The average molecular weight is 381 g/mol. The fraction of sp³-hybridized carbons (Fsp3) is 0.650. The Morgan fingerprint density at radius 2 is 1.81 bits per heavy atom. The number of esters is 2. The van der Waals surface area contributed by atoms with Gasteiger partial charge in [-0.3, -0.25) is 14.5 Å². The third kappa shape index (κ3) is 6.41. The van der Waals surface area contributed by atoms with E-state index in [1.807, 2.05) is 12.2 Å². The van der Waals surface area contributed by atoms with Gasteiger partial charge in [0.25, 0.3) is 0 Å². The predicted molar refractivity (Wildman–Crippen MR) is 101 cm³/mol. The molecule has 0 fully saturated rings. The standard InChI is InChI=1S/C20H31NO6/c1-7-8-9-11-14-12-10-13-15(16(17(22)25-5)18(23)26-6)21(14)19(24)27-20(2,3)4/h7,10,13-16H,1,8-9,11-12H2,2-6H3/t14-,15+/m1/s1. The minimum absolute atomic E-state index is 0.202. The van der Waals surface area contributed by atoms with Crippen molar-refractivity contribution in [3.8, 4) is 0 Å². The van der Waals surface area contributed by atoms with E-state index in [9.17, 15) is 14.4 Å². The van der Waals surface area contributed by atoms with E-state index >= 15 is 0 Å². The fourth-order valence-electron chi connectivity index (χ4n) is 3.07. The molecule has 0 saturated heterocycles. The van der Waals surface area contributed by atoms with Crippen LogP contribution in [0.15, 0.2) is 24.8 Å². The highest BCUT2D eigenvalue weighted by Gasteiger charge is 2.45. The molecule has 0 bridgehead atoms. The molecule has 1 heterocycles. The molecule has 1 rings (SSSR count). The smallest absolute Gasteiger partial charge is 0.411 e. The Kier molecular flexibility index (Phi) is 8.53. The zero-order valence-corrected chi connectivity index (χ0v) is 16.9. The molecule has 7 heteroatoms. The molecule has 7 nitrogen and oxygen atoms in total. The van der Waals surface area contributed by atoms with Crippen LogP contribution in [0.2, 0.25) is 0 Å². The van der Waals surface area contributed by atoms with Crippen molar-refractivity contribution in [2.75, 3.05) is 14.2 Å². The number of amides is 1. The van der Waals surface area contributed by atoms with Gasteiger partial charge in [-0.05, 0) is 46.5 Å². The van der Waals surface area contributed by atoms with Gasteiger partial charge in [0.1, 0.15) is 5.60 Å². The van der Waals surface area contributed by atoms with Gasteiger partial charge in [0.05, 0.1) is 20.3 Å². The molecule has 0 unspecified atom stereocenters. The highest BCUT2D eigenvalue weighted by molar-refractivity contribution is 5.96. The number of carbonyl (C=O) groups excluding carboxylic acids is 3. The summed E-state index contributed by atoms with van der Waals surface area (Å²) in [7, 11) is 2.40. The highest BCUT2D eigenvalue weighted by atomic mass is 16.6. The monoisotopic (exact) mass is 381 g/mol. The summed E-state index contributed by atoms with van der Waals surface area (Å²) in [6.45, 7) is 9.02. The third-order valence-electron chi connectivity index (χ3n) is 4.26. The van der Waals surface area contributed by atoms with E-state index in [-0.39, 0.29) is 6.04 Å². The summed E-state index contributed by atoms with van der Waals surface area (Å²) in [5.41, 5.74) is -0.708. The van der Waals surface area contributed by atoms with E-state index in [1.54, 1.807) is 26.8 Å². The molecule has 0 aromatic carbocycles. The summed E-state index contributed by atoms with van der Waals surface area (Å²) in [4.78, 5) is 39.0. The van der Waals surface area contributed by atoms with Crippen LogP contribution in [0.1, 0.15) is 46.5 Å². The maximum absolute atomic E-state index is 12.9. The number of carbonyl (C=O) groups is 3. The number of ether oxygens (including phenoxy) is 3. The van der Waals surface area contributed by atoms with Gasteiger partial charge < -0.3 is 14.2 Å². The zero-order chi connectivity index (χ0) is 20.6. The van der Waals surface area contributed by atoms with Gasteiger partial charge in [-0.1, -0.05) is 18.2 Å². The number of hydrogen-bond donors (Lipinski definition) is 0. The van der Waals surface area contributed by atoms with Crippen LogP contribution < -0.4 is 0 Å². The second-order valence-corrected chi connectivity index (χ2v) is 7.44. The van der Waals surface area contributed by atoms with E-state index in [0.29, 0.717) is 12.8 Å². The van der Waals surface area contributed by atoms with E-state index in [0.717, 1.165) is 12.8 Å². The van der Waals surface area contributed by atoms with E-state index in [2.05, 4.69) is 6.58 Å². The Hall–Kier alpha value is -2.31. The summed E-state index contributed by atoms with van der Waals surface area (Å²) in [6.07, 6.45) is 7.75. The maximum Gasteiger partial charge on any atom is 0.411 e. The SMILES string of the molecule is C=CCCC[C@@H]1CC=C[C@@H](C(C(=O)OC)C(=O)OC)N1C(=O)OC(C)(C)C. The van der Waals surface area contributed by atoms with Gasteiger partial charge in [0, 0.05) is 6.04 Å². The Morgan fingerprint density at radius 1 is 1.22 bits per heavy atom. The lowest BCUT2D eigenvalue weighted by Crippen LogP contribution is -2.56. The first kappa shape index (κ1) is 22.7. The van der Waals surface area contributed by atoms with Crippen molar-refractivity contribution in [1.29, 1.82) is 0 Å². The summed E-state index contributed by atoms with van der Waals surface area (Å²) in [6, 6.07) is -1.03. The van der Waals surface area contributed by atoms with Gasteiger partial charge in [-0.15, -0.1) is 6.58 Å². The van der Waals surface area contributed by atoms with Crippen molar-refractivity contribution in [3.63, 3.8) is 0 Å². The Balaban J connectivity index is 3.25. The molecule has 0 radical (unpaired) electrons. The lowest BCUT2D eigenvalue weighted by atomic mass is 9.90. The van der Waals surface area contributed by atoms with Gasteiger partial charge in [-0.25, -0.2) is 4.79 Å². The number of hydrogen-bond acceptors (Lipinski definition) is 6. The van der Waals surface area contributed by atoms with Crippen LogP contribution in [0.4, 0.5) is 4.79 Å². The summed E-state index contributed by atoms with van der Waals surface area (Å²) >= 11 is 0. The number of rotatable bonds is 7. The molecule has 1 amide bonds. The second kappa shape index (κ2) is 10.1. The van der Waals surface area contributed by atoms with Crippen molar-refractivity contribution >= 4 is 18.0 Å². The van der Waals surface area contributed by atoms with Crippen molar-refractivity contribution in [2.45, 2.75) is 64.1 Å². The molecule has 0 N–H and O–H groups in total. The van der Waals surface area contributed by atoms with Gasteiger partial charge in [0.2, 0.25) is 0 Å². The van der Waals surface area contributed by atoms with Gasteiger partial charge >= 0.3 is 18.0 Å². The van der Waals surface area contributed by atoms with Crippen LogP contribution in [0, 0.1) is 5.92 Å².